The third-order valence-corrected chi connectivity index (χ3v) is 5.31. The zero-order chi connectivity index (χ0) is 21.8. The maximum Gasteiger partial charge on any atom is 0.168 e. The van der Waals surface area contributed by atoms with Crippen molar-refractivity contribution in [1.29, 1.82) is 0 Å². The SMILES string of the molecule is COc1cccc(-n2ncc3c(NN=Cc4ccc(CS(C)(=O)=O)cc4)ncnc32)c1. The molecule has 0 bridgehead atoms. The van der Waals surface area contributed by atoms with Crippen LogP contribution in [0.4, 0.5) is 5.82 Å². The van der Waals surface area contributed by atoms with Crippen molar-refractivity contribution in [3.8, 4) is 11.4 Å². The summed E-state index contributed by atoms with van der Waals surface area (Å²) in [6.07, 6.45) is 5.96. The van der Waals surface area contributed by atoms with Crippen LogP contribution in [0.2, 0.25) is 0 Å². The van der Waals surface area contributed by atoms with Gasteiger partial charge < -0.3 is 4.74 Å². The molecule has 0 aliphatic carbocycles. The molecule has 10 heteroatoms. The van der Waals surface area contributed by atoms with E-state index in [0.717, 1.165) is 22.6 Å². The van der Waals surface area contributed by atoms with Crippen LogP contribution in [0, 0.1) is 0 Å². The van der Waals surface area contributed by atoms with Crippen LogP contribution in [0.1, 0.15) is 11.1 Å². The van der Waals surface area contributed by atoms with E-state index in [1.165, 1.54) is 12.6 Å². The zero-order valence-corrected chi connectivity index (χ0v) is 17.7. The number of ether oxygens (including phenoxy) is 1. The molecule has 9 nitrogen and oxygen atoms in total. The highest BCUT2D eigenvalue weighted by Crippen LogP contribution is 2.23. The number of fused-ring (bicyclic) bond motifs is 1. The largest absolute Gasteiger partial charge is 0.497 e. The molecule has 31 heavy (non-hydrogen) atoms. The molecular weight excluding hydrogens is 416 g/mol. The summed E-state index contributed by atoms with van der Waals surface area (Å²) in [6, 6.07) is 14.7. The first-order chi connectivity index (χ1) is 14.9. The molecular formula is C21H20N6O3S. The predicted octanol–water partition coefficient (Wildman–Crippen LogP) is 2.81. The molecule has 0 amide bonds. The Balaban J connectivity index is 1.53. The van der Waals surface area contributed by atoms with Crippen molar-refractivity contribution in [2.24, 2.45) is 5.10 Å². The smallest absolute Gasteiger partial charge is 0.168 e. The van der Waals surface area contributed by atoms with E-state index in [9.17, 15) is 8.42 Å². The van der Waals surface area contributed by atoms with E-state index >= 15 is 0 Å². The minimum Gasteiger partial charge on any atom is -0.497 e. The van der Waals surface area contributed by atoms with E-state index in [4.69, 9.17) is 4.74 Å². The highest BCUT2D eigenvalue weighted by atomic mass is 32.2. The van der Waals surface area contributed by atoms with Crippen LogP contribution in [0.3, 0.4) is 0 Å². The van der Waals surface area contributed by atoms with Gasteiger partial charge in [-0.2, -0.15) is 10.2 Å². The second-order valence-corrected chi connectivity index (χ2v) is 9.04. The van der Waals surface area contributed by atoms with Crippen molar-refractivity contribution in [3.63, 3.8) is 0 Å². The van der Waals surface area contributed by atoms with Crippen LogP contribution in [0.5, 0.6) is 5.75 Å². The summed E-state index contributed by atoms with van der Waals surface area (Å²) in [5.41, 5.74) is 5.92. The summed E-state index contributed by atoms with van der Waals surface area (Å²) in [5.74, 6) is 1.25. The van der Waals surface area contributed by atoms with Crippen LogP contribution in [0.25, 0.3) is 16.7 Å². The fourth-order valence-corrected chi connectivity index (χ4v) is 3.83. The number of anilines is 1. The Labute approximate surface area is 179 Å². The first-order valence-corrected chi connectivity index (χ1v) is 11.4. The van der Waals surface area contributed by atoms with E-state index in [1.807, 2.05) is 36.4 Å². The van der Waals surface area contributed by atoms with Gasteiger partial charge in [-0.1, -0.05) is 30.3 Å². The summed E-state index contributed by atoms with van der Waals surface area (Å²) >= 11 is 0. The van der Waals surface area contributed by atoms with E-state index in [0.29, 0.717) is 16.9 Å². The summed E-state index contributed by atoms with van der Waals surface area (Å²) in [7, 11) is -1.45. The lowest BCUT2D eigenvalue weighted by atomic mass is 10.2. The van der Waals surface area contributed by atoms with Crippen molar-refractivity contribution < 1.29 is 13.2 Å². The number of aromatic nitrogens is 4. The molecule has 0 unspecified atom stereocenters. The average molecular weight is 436 g/mol. The van der Waals surface area contributed by atoms with Gasteiger partial charge in [-0.25, -0.2) is 23.1 Å². The number of methoxy groups -OCH3 is 1. The normalized spacial score (nSPS) is 11.8. The zero-order valence-electron chi connectivity index (χ0n) is 16.9. The molecule has 158 valence electrons. The van der Waals surface area contributed by atoms with Crippen molar-refractivity contribution in [2.45, 2.75) is 5.75 Å². The second kappa shape index (κ2) is 8.52. The number of benzene rings is 2. The molecule has 0 fully saturated rings. The second-order valence-electron chi connectivity index (χ2n) is 6.90. The van der Waals surface area contributed by atoms with Crippen LogP contribution in [0.15, 0.2) is 66.2 Å². The summed E-state index contributed by atoms with van der Waals surface area (Å²) < 4.78 is 29.8. The molecule has 0 spiro atoms. The van der Waals surface area contributed by atoms with Gasteiger partial charge >= 0.3 is 0 Å². The average Bonchev–Trinajstić information content (AvgIpc) is 3.19. The number of hydrogen-bond donors (Lipinski definition) is 1. The van der Waals surface area contributed by atoms with Crippen molar-refractivity contribution >= 4 is 32.9 Å². The number of sulfone groups is 1. The van der Waals surface area contributed by atoms with E-state index in [-0.39, 0.29) is 5.75 Å². The van der Waals surface area contributed by atoms with Crippen molar-refractivity contribution in [1.82, 2.24) is 19.7 Å². The Kier molecular flexibility index (Phi) is 5.63. The van der Waals surface area contributed by atoms with Crippen LogP contribution >= 0.6 is 0 Å². The van der Waals surface area contributed by atoms with E-state index in [2.05, 4.69) is 25.6 Å². The minimum absolute atomic E-state index is 0.0128. The van der Waals surface area contributed by atoms with Gasteiger partial charge in [0.2, 0.25) is 0 Å². The summed E-state index contributed by atoms with van der Waals surface area (Å²) in [5, 5.41) is 9.37. The van der Waals surface area contributed by atoms with Gasteiger partial charge in [0.05, 0.1) is 36.3 Å². The number of hydrazone groups is 1. The van der Waals surface area contributed by atoms with Gasteiger partial charge in [0, 0.05) is 12.3 Å². The van der Waals surface area contributed by atoms with Crippen LogP contribution < -0.4 is 10.2 Å². The molecule has 0 aliphatic rings. The fourth-order valence-electron chi connectivity index (χ4n) is 3.03. The van der Waals surface area contributed by atoms with Crippen LogP contribution in [-0.2, 0) is 15.6 Å². The molecule has 4 aromatic rings. The fraction of sp³-hybridized carbons (Fsp3) is 0.143. The Hall–Kier alpha value is -3.79. The van der Waals surface area contributed by atoms with Gasteiger partial charge in [-0.3, -0.25) is 5.43 Å². The standard InChI is InChI=1S/C21H20N6O3S/c1-30-18-5-3-4-17(10-18)27-21-19(12-25-27)20(22-14-23-21)26-24-11-15-6-8-16(9-7-15)13-31(2,28)29/h3-12,14H,13H2,1-2H3,(H,22,23,26). The Morgan fingerprint density at radius 3 is 2.71 bits per heavy atom. The highest BCUT2D eigenvalue weighted by Gasteiger charge is 2.11. The topological polar surface area (TPSA) is 111 Å². The quantitative estimate of drug-likeness (QED) is 0.350. The number of hydrogen-bond acceptors (Lipinski definition) is 8. The lowest BCUT2D eigenvalue weighted by Gasteiger charge is -2.06. The number of nitrogens with one attached hydrogen (secondary N) is 1. The molecule has 1 N–H and O–H groups in total. The predicted molar refractivity (Wildman–Crippen MR) is 119 cm³/mol. The number of nitrogens with zero attached hydrogens (tertiary/aromatic N) is 5. The van der Waals surface area contributed by atoms with Crippen molar-refractivity contribution in [2.75, 3.05) is 18.8 Å². The van der Waals surface area contributed by atoms with Crippen LogP contribution in [-0.4, -0.2) is 47.7 Å². The summed E-state index contributed by atoms with van der Waals surface area (Å²) in [4.78, 5) is 8.60. The molecule has 2 aromatic heterocycles. The molecule has 2 heterocycles. The molecule has 0 radical (unpaired) electrons. The molecule has 4 rings (SSSR count). The van der Waals surface area contributed by atoms with Gasteiger partial charge in [0.25, 0.3) is 0 Å². The molecule has 0 saturated heterocycles. The lowest BCUT2D eigenvalue weighted by molar-refractivity contribution is 0.414. The van der Waals surface area contributed by atoms with E-state index in [1.54, 1.807) is 36.3 Å². The van der Waals surface area contributed by atoms with Gasteiger partial charge in [0.1, 0.15) is 12.1 Å². The lowest BCUT2D eigenvalue weighted by Crippen LogP contribution is -2.01. The molecule has 0 atom stereocenters. The first kappa shape index (κ1) is 20.5. The minimum atomic E-state index is -3.06. The Morgan fingerprint density at radius 2 is 1.97 bits per heavy atom. The maximum absolute atomic E-state index is 11.4. The van der Waals surface area contributed by atoms with E-state index < -0.39 is 9.84 Å². The molecule has 0 saturated carbocycles. The number of rotatable bonds is 7. The highest BCUT2D eigenvalue weighted by molar-refractivity contribution is 7.89. The Morgan fingerprint density at radius 1 is 1.16 bits per heavy atom. The maximum atomic E-state index is 11.4. The monoisotopic (exact) mass is 436 g/mol. The molecule has 2 aromatic carbocycles. The van der Waals surface area contributed by atoms with Crippen molar-refractivity contribution in [3.05, 3.63) is 72.2 Å². The van der Waals surface area contributed by atoms with Gasteiger partial charge in [-0.15, -0.1) is 0 Å². The Bertz CT molecular complexity index is 1350. The van der Waals surface area contributed by atoms with Gasteiger partial charge in [0.15, 0.2) is 21.3 Å². The van der Waals surface area contributed by atoms with Gasteiger partial charge in [-0.05, 0) is 23.3 Å². The third-order valence-electron chi connectivity index (χ3n) is 4.46. The first-order valence-electron chi connectivity index (χ1n) is 9.32. The summed E-state index contributed by atoms with van der Waals surface area (Å²) in [6.45, 7) is 0. The third kappa shape index (κ3) is 4.86. The molecule has 0 aliphatic heterocycles.